The predicted octanol–water partition coefficient (Wildman–Crippen LogP) is 1.09. The Hall–Kier alpha value is -2.87. The summed E-state index contributed by atoms with van der Waals surface area (Å²) < 4.78 is 4.96. The number of carbonyl (C=O) groups excluding carboxylic acids is 3. The zero-order valence-electron chi connectivity index (χ0n) is 13.7. The molecule has 0 saturated heterocycles. The minimum Gasteiger partial charge on any atom is -0.452 e. The molecular weight excluding hydrogens is 348 g/mol. The van der Waals surface area contributed by atoms with E-state index in [0.29, 0.717) is 16.3 Å². The SMILES string of the molecule is CN(C)C(=O)CNC(=O)COC(=O)c1cn[nH]c1-c1ccc(Cl)cc1. The van der Waals surface area contributed by atoms with E-state index in [1.807, 2.05) is 0 Å². The van der Waals surface area contributed by atoms with Crippen LogP contribution in [-0.2, 0) is 14.3 Å². The molecule has 0 saturated carbocycles. The number of H-pyrrole nitrogens is 1. The first-order chi connectivity index (χ1) is 11.9. The van der Waals surface area contributed by atoms with Crippen molar-refractivity contribution in [2.45, 2.75) is 0 Å². The summed E-state index contributed by atoms with van der Waals surface area (Å²) in [5.41, 5.74) is 1.36. The average Bonchev–Trinajstić information content (AvgIpc) is 3.07. The summed E-state index contributed by atoms with van der Waals surface area (Å²) in [7, 11) is 3.15. The largest absolute Gasteiger partial charge is 0.452 e. The number of halogens is 1. The van der Waals surface area contributed by atoms with Crippen molar-refractivity contribution in [3.8, 4) is 11.3 Å². The molecule has 25 heavy (non-hydrogen) atoms. The van der Waals surface area contributed by atoms with E-state index in [1.165, 1.54) is 11.1 Å². The molecule has 2 aromatic rings. The number of amides is 2. The van der Waals surface area contributed by atoms with Crippen molar-refractivity contribution >= 4 is 29.4 Å². The topological polar surface area (TPSA) is 104 Å². The molecule has 0 radical (unpaired) electrons. The third-order valence-corrected chi connectivity index (χ3v) is 3.51. The fourth-order valence-corrected chi connectivity index (χ4v) is 2.00. The van der Waals surface area contributed by atoms with E-state index >= 15 is 0 Å². The van der Waals surface area contributed by atoms with Crippen molar-refractivity contribution in [2.24, 2.45) is 0 Å². The highest BCUT2D eigenvalue weighted by molar-refractivity contribution is 6.30. The lowest BCUT2D eigenvalue weighted by Crippen LogP contribution is -2.38. The molecule has 2 N–H and O–H groups in total. The number of ether oxygens (including phenoxy) is 1. The summed E-state index contributed by atoms with van der Waals surface area (Å²) in [6.07, 6.45) is 1.32. The molecule has 0 bridgehead atoms. The Morgan fingerprint density at radius 3 is 2.56 bits per heavy atom. The summed E-state index contributed by atoms with van der Waals surface area (Å²) in [6, 6.07) is 6.82. The molecule has 132 valence electrons. The highest BCUT2D eigenvalue weighted by Crippen LogP contribution is 2.23. The predicted molar refractivity (Wildman–Crippen MR) is 91.0 cm³/mol. The maximum atomic E-state index is 12.2. The van der Waals surface area contributed by atoms with Gasteiger partial charge in [-0.15, -0.1) is 0 Å². The molecule has 2 rings (SSSR count). The number of aromatic nitrogens is 2. The normalized spacial score (nSPS) is 10.2. The van der Waals surface area contributed by atoms with Gasteiger partial charge in [-0.05, 0) is 12.1 Å². The molecular formula is C16H17ClN4O4. The van der Waals surface area contributed by atoms with Crippen molar-refractivity contribution in [1.29, 1.82) is 0 Å². The number of esters is 1. The quantitative estimate of drug-likeness (QED) is 0.747. The van der Waals surface area contributed by atoms with Crippen LogP contribution in [0.15, 0.2) is 30.5 Å². The van der Waals surface area contributed by atoms with Crippen molar-refractivity contribution in [1.82, 2.24) is 20.4 Å². The zero-order valence-corrected chi connectivity index (χ0v) is 14.5. The second-order valence-electron chi connectivity index (χ2n) is 5.31. The van der Waals surface area contributed by atoms with Crippen LogP contribution in [0.1, 0.15) is 10.4 Å². The monoisotopic (exact) mass is 364 g/mol. The van der Waals surface area contributed by atoms with Gasteiger partial charge < -0.3 is 15.0 Å². The number of rotatable bonds is 6. The van der Waals surface area contributed by atoms with Gasteiger partial charge in [-0.25, -0.2) is 4.79 Å². The number of carbonyl (C=O) groups is 3. The maximum Gasteiger partial charge on any atom is 0.342 e. The van der Waals surface area contributed by atoms with E-state index in [9.17, 15) is 14.4 Å². The van der Waals surface area contributed by atoms with E-state index < -0.39 is 18.5 Å². The highest BCUT2D eigenvalue weighted by atomic mass is 35.5. The lowest BCUT2D eigenvalue weighted by Gasteiger charge is -2.11. The van der Waals surface area contributed by atoms with Gasteiger partial charge in [0.15, 0.2) is 6.61 Å². The Balaban J connectivity index is 1.94. The molecule has 1 aromatic heterocycles. The Kier molecular flexibility index (Phi) is 6.13. The first kappa shape index (κ1) is 18.5. The number of likely N-dealkylation sites (N-methyl/N-ethyl adjacent to an activating group) is 1. The zero-order chi connectivity index (χ0) is 18.4. The number of nitrogens with zero attached hydrogens (tertiary/aromatic N) is 2. The third-order valence-electron chi connectivity index (χ3n) is 3.26. The van der Waals surface area contributed by atoms with Crippen LogP contribution in [0.5, 0.6) is 0 Å². The number of benzene rings is 1. The van der Waals surface area contributed by atoms with E-state index in [4.69, 9.17) is 16.3 Å². The summed E-state index contributed by atoms with van der Waals surface area (Å²) >= 11 is 5.84. The average molecular weight is 365 g/mol. The minimum absolute atomic E-state index is 0.162. The molecule has 2 amide bonds. The standard InChI is InChI=1S/C16H17ClN4O4/c1-21(2)14(23)8-18-13(22)9-25-16(24)12-7-19-20-15(12)10-3-5-11(17)6-4-10/h3-7H,8-9H2,1-2H3,(H,18,22)(H,19,20). The summed E-state index contributed by atoms with van der Waals surface area (Å²) in [5, 5.41) is 9.49. The Morgan fingerprint density at radius 1 is 1.24 bits per heavy atom. The molecule has 0 fully saturated rings. The van der Waals surface area contributed by atoms with Crippen molar-refractivity contribution < 1.29 is 19.1 Å². The van der Waals surface area contributed by atoms with E-state index in [2.05, 4.69) is 15.5 Å². The third kappa shape index (κ3) is 5.05. The van der Waals surface area contributed by atoms with Crippen LogP contribution in [0.25, 0.3) is 11.3 Å². The van der Waals surface area contributed by atoms with Gasteiger partial charge >= 0.3 is 5.97 Å². The van der Waals surface area contributed by atoms with Crippen molar-refractivity contribution in [3.63, 3.8) is 0 Å². The van der Waals surface area contributed by atoms with Gasteiger partial charge in [0.1, 0.15) is 5.56 Å². The summed E-state index contributed by atoms with van der Waals surface area (Å²) in [4.78, 5) is 36.5. The van der Waals surface area contributed by atoms with Crippen molar-refractivity contribution in [3.05, 3.63) is 41.0 Å². The molecule has 0 spiro atoms. The number of nitrogens with one attached hydrogen (secondary N) is 2. The molecule has 1 aromatic carbocycles. The van der Waals surface area contributed by atoms with Gasteiger partial charge in [-0.3, -0.25) is 14.7 Å². The lowest BCUT2D eigenvalue weighted by atomic mass is 10.1. The molecule has 0 aliphatic heterocycles. The summed E-state index contributed by atoms with van der Waals surface area (Å²) in [6.45, 7) is -0.657. The van der Waals surface area contributed by atoms with Crippen LogP contribution in [0.4, 0.5) is 0 Å². The van der Waals surface area contributed by atoms with Crippen LogP contribution >= 0.6 is 11.6 Å². The number of hydrogen-bond acceptors (Lipinski definition) is 5. The fourth-order valence-electron chi connectivity index (χ4n) is 1.87. The lowest BCUT2D eigenvalue weighted by molar-refractivity contribution is -0.131. The molecule has 0 unspecified atom stereocenters. The second-order valence-corrected chi connectivity index (χ2v) is 5.74. The molecule has 0 aliphatic carbocycles. The molecule has 9 heteroatoms. The van der Waals surface area contributed by atoms with E-state index in [1.54, 1.807) is 38.4 Å². The van der Waals surface area contributed by atoms with E-state index in [-0.39, 0.29) is 18.0 Å². The molecule has 8 nitrogen and oxygen atoms in total. The van der Waals surface area contributed by atoms with Gasteiger partial charge in [0.05, 0.1) is 18.4 Å². The van der Waals surface area contributed by atoms with Gasteiger partial charge in [0.2, 0.25) is 5.91 Å². The van der Waals surface area contributed by atoms with Gasteiger partial charge in [0, 0.05) is 24.7 Å². The Morgan fingerprint density at radius 2 is 1.92 bits per heavy atom. The van der Waals surface area contributed by atoms with E-state index in [0.717, 1.165) is 0 Å². The number of hydrogen-bond donors (Lipinski definition) is 2. The fraction of sp³-hybridized carbons (Fsp3) is 0.250. The van der Waals surface area contributed by atoms with Crippen molar-refractivity contribution in [2.75, 3.05) is 27.2 Å². The van der Waals surface area contributed by atoms with Gasteiger partial charge in [-0.2, -0.15) is 5.10 Å². The maximum absolute atomic E-state index is 12.2. The smallest absolute Gasteiger partial charge is 0.342 e. The molecule has 0 aliphatic rings. The summed E-state index contributed by atoms with van der Waals surface area (Å²) in [5.74, 6) is -1.53. The van der Waals surface area contributed by atoms with Crippen LogP contribution in [0, 0.1) is 0 Å². The minimum atomic E-state index is -0.701. The Bertz CT molecular complexity index is 771. The van der Waals surface area contributed by atoms with Crippen LogP contribution in [-0.4, -0.2) is 60.1 Å². The van der Waals surface area contributed by atoms with Gasteiger partial charge in [0.25, 0.3) is 5.91 Å². The highest BCUT2D eigenvalue weighted by Gasteiger charge is 2.18. The molecule has 0 atom stereocenters. The van der Waals surface area contributed by atoms with Gasteiger partial charge in [-0.1, -0.05) is 23.7 Å². The van der Waals surface area contributed by atoms with Crippen LogP contribution < -0.4 is 5.32 Å². The number of aromatic amines is 1. The van der Waals surface area contributed by atoms with Crippen LogP contribution in [0.3, 0.4) is 0 Å². The Labute approximate surface area is 149 Å². The first-order valence-corrected chi connectivity index (χ1v) is 7.69. The van der Waals surface area contributed by atoms with Crippen LogP contribution in [0.2, 0.25) is 5.02 Å². The second kappa shape index (κ2) is 8.29. The first-order valence-electron chi connectivity index (χ1n) is 7.31. The molecule has 1 heterocycles.